The minimum Gasteiger partial charge on any atom is -0.443 e. The average Bonchev–Trinajstić information content (AvgIpc) is 1.95. The number of rotatable bonds is 4. The van der Waals surface area contributed by atoms with Gasteiger partial charge in [0.05, 0.1) is 12.4 Å². The molecule has 15 heavy (non-hydrogen) atoms. The smallest absolute Gasteiger partial charge is 0.421 e. The molecule has 0 atom stereocenters. The molecule has 0 aromatic heterocycles. The van der Waals surface area contributed by atoms with Gasteiger partial charge in [-0.25, -0.2) is 17.9 Å². The fourth-order valence-corrected chi connectivity index (χ4v) is 1.45. The van der Waals surface area contributed by atoms with Crippen molar-refractivity contribution in [1.82, 2.24) is 4.72 Å². The quantitative estimate of drug-likeness (QED) is 0.784. The molecule has 0 saturated carbocycles. The number of ether oxygens (including phenoxy) is 2. The summed E-state index contributed by atoms with van der Waals surface area (Å²) in [4.78, 5) is 11.1. The maximum Gasteiger partial charge on any atom is 0.421 e. The summed E-state index contributed by atoms with van der Waals surface area (Å²) >= 11 is 0. The van der Waals surface area contributed by atoms with Gasteiger partial charge < -0.3 is 9.47 Å². The summed E-state index contributed by atoms with van der Waals surface area (Å²) in [5.74, 6) is -0.275. The zero-order valence-corrected chi connectivity index (χ0v) is 10.2. The van der Waals surface area contributed by atoms with Gasteiger partial charge in [0.1, 0.15) is 5.60 Å². The molecule has 0 aliphatic carbocycles. The van der Waals surface area contributed by atoms with Crippen LogP contribution in [0.4, 0.5) is 4.79 Å². The van der Waals surface area contributed by atoms with Gasteiger partial charge in [0.2, 0.25) is 10.0 Å². The molecule has 1 N–H and O–H groups in total. The number of amides is 1. The van der Waals surface area contributed by atoms with E-state index >= 15 is 0 Å². The molecule has 1 amide bonds. The number of carbonyl (C=O) groups is 1. The number of sulfonamides is 1. The maximum atomic E-state index is 11.2. The Morgan fingerprint density at radius 1 is 1.40 bits per heavy atom. The lowest BCUT2D eigenvalue weighted by molar-refractivity contribution is 0.0570. The molecule has 0 bridgehead atoms. The number of hydrogen-bond donors (Lipinski definition) is 1. The lowest BCUT2D eigenvalue weighted by Gasteiger charge is -2.19. The monoisotopic (exact) mass is 241 g/mol. The van der Waals surface area contributed by atoms with Gasteiger partial charge in [-0.1, -0.05) is 0 Å². The average molecular weight is 241 g/mol. The number of methoxy groups -OCH3 is 1. The Labute approximate surface area is 91.5 Å². The summed E-state index contributed by atoms with van der Waals surface area (Å²) in [6.45, 7) is 4.97. The normalized spacial score (nSPS) is 12.3. The first-order chi connectivity index (χ1) is 6.66. The number of hydrogen-bond acceptors (Lipinski definition) is 5. The van der Waals surface area contributed by atoms with Crippen LogP contribution in [0.3, 0.4) is 0 Å². The predicted molar refractivity (Wildman–Crippen MR) is 57.1 cm³/mol. The lowest BCUT2D eigenvalue weighted by atomic mass is 10.2. The van der Waals surface area contributed by atoms with Crippen LogP contribution in [-0.4, -0.2) is 39.6 Å². The standard InChI is InChI=1S/C8H17NO5S.H2/c1-8(2,3)14-7(10)9-15(11,12)6-5-13-4;/h5-6H2,1-4H3,(H,9,10);1H. The van der Waals surface area contributed by atoms with E-state index in [1.807, 2.05) is 0 Å². The fourth-order valence-electron chi connectivity index (χ4n) is 0.670. The number of carbonyl (C=O) groups excluding carboxylic acids is 1. The SMILES string of the molecule is COCCS(=O)(=O)NC(=O)OC(C)(C)C.[HH]. The van der Waals surface area contributed by atoms with Gasteiger partial charge in [0.25, 0.3) is 0 Å². The zero-order chi connectivity index (χ0) is 12.1. The first-order valence-corrected chi connectivity index (χ1v) is 6.04. The van der Waals surface area contributed by atoms with Crippen LogP contribution in [0.1, 0.15) is 22.2 Å². The van der Waals surface area contributed by atoms with E-state index in [0.717, 1.165) is 0 Å². The molecule has 0 heterocycles. The van der Waals surface area contributed by atoms with Crippen LogP contribution in [0.25, 0.3) is 0 Å². The highest BCUT2D eigenvalue weighted by molar-refractivity contribution is 7.90. The minimum absolute atomic E-state index is 0. The second-order valence-corrected chi connectivity index (χ2v) is 5.76. The molecule has 0 saturated heterocycles. The Morgan fingerprint density at radius 2 is 1.93 bits per heavy atom. The first kappa shape index (κ1) is 14.2. The van der Waals surface area contributed by atoms with Crippen molar-refractivity contribution < 1.29 is 24.1 Å². The van der Waals surface area contributed by atoms with Crippen LogP contribution >= 0.6 is 0 Å². The van der Waals surface area contributed by atoms with Gasteiger partial charge in [0, 0.05) is 8.54 Å². The van der Waals surface area contributed by atoms with Gasteiger partial charge in [-0.2, -0.15) is 0 Å². The molecule has 0 radical (unpaired) electrons. The molecule has 0 spiro atoms. The summed E-state index contributed by atoms with van der Waals surface area (Å²) in [5.41, 5.74) is -0.721. The Hall–Kier alpha value is -0.820. The van der Waals surface area contributed by atoms with Crippen molar-refractivity contribution in [2.24, 2.45) is 0 Å². The van der Waals surface area contributed by atoms with E-state index in [1.165, 1.54) is 7.11 Å². The van der Waals surface area contributed by atoms with E-state index in [2.05, 4.69) is 4.74 Å². The van der Waals surface area contributed by atoms with Gasteiger partial charge in [0.15, 0.2) is 0 Å². The van der Waals surface area contributed by atoms with Gasteiger partial charge in [-0.05, 0) is 20.8 Å². The van der Waals surface area contributed by atoms with Gasteiger partial charge >= 0.3 is 6.09 Å². The third-order valence-electron chi connectivity index (χ3n) is 1.19. The van der Waals surface area contributed by atoms with Crippen molar-refractivity contribution in [3.05, 3.63) is 0 Å². The van der Waals surface area contributed by atoms with Gasteiger partial charge in [-0.3, -0.25) is 0 Å². The molecule has 0 aliphatic rings. The van der Waals surface area contributed by atoms with Crippen LogP contribution in [-0.2, 0) is 19.5 Å². The van der Waals surface area contributed by atoms with Crippen molar-refractivity contribution in [2.75, 3.05) is 19.5 Å². The summed E-state index contributed by atoms with van der Waals surface area (Å²) in [7, 11) is -2.29. The molecule has 0 aromatic rings. The van der Waals surface area contributed by atoms with Crippen molar-refractivity contribution in [1.29, 1.82) is 0 Å². The van der Waals surface area contributed by atoms with E-state index in [4.69, 9.17) is 4.74 Å². The summed E-state index contributed by atoms with van der Waals surface area (Å²) < 4.78 is 33.5. The Morgan fingerprint density at radius 3 is 2.33 bits per heavy atom. The van der Waals surface area contributed by atoms with Crippen LogP contribution < -0.4 is 4.72 Å². The molecule has 92 valence electrons. The second kappa shape index (κ2) is 5.32. The van der Waals surface area contributed by atoms with E-state index in [0.29, 0.717) is 0 Å². The van der Waals surface area contributed by atoms with Crippen LogP contribution in [0.5, 0.6) is 0 Å². The summed E-state index contributed by atoms with van der Waals surface area (Å²) in [6.07, 6.45) is -0.974. The maximum absolute atomic E-state index is 11.2. The predicted octanol–water partition coefficient (Wildman–Crippen LogP) is 0.733. The summed E-state index contributed by atoms with van der Waals surface area (Å²) in [5, 5.41) is 0. The Balaban J connectivity index is 0. The van der Waals surface area contributed by atoms with Crippen molar-refractivity contribution >= 4 is 16.1 Å². The van der Waals surface area contributed by atoms with Crippen LogP contribution in [0, 0.1) is 0 Å². The van der Waals surface area contributed by atoms with Crippen molar-refractivity contribution in [3.63, 3.8) is 0 Å². The molecule has 0 aliphatic heterocycles. The van der Waals surface area contributed by atoms with Gasteiger partial charge in [-0.15, -0.1) is 0 Å². The second-order valence-electron chi connectivity index (χ2n) is 3.92. The fraction of sp³-hybridized carbons (Fsp3) is 0.875. The highest BCUT2D eigenvalue weighted by Crippen LogP contribution is 2.06. The molecule has 0 fully saturated rings. The van der Waals surface area contributed by atoms with E-state index in [9.17, 15) is 13.2 Å². The van der Waals surface area contributed by atoms with Crippen LogP contribution in [0.2, 0.25) is 0 Å². The molecular formula is C8H19NO5S. The van der Waals surface area contributed by atoms with Crippen LogP contribution in [0.15, 0.2) is 0 Å². The number of nitrogens with one attached hydrogen (secondary N) is 1. The Bertz CT molecular complexity index is 309. The highest BCUT2D eigenvalue weighted by Gasteiger charge is 2.20. The molecule has 6 nitrogen and oxygen atoms in total. The molecular weight excluding hydrogens is 222 g/mol. The molecule has 7 heteroatoms. The third kappa shape index (κ3) is 8.19. The third-order valence-corrected chi connectivity index (χ3v) is 2.38. The summed E-state index contributed by atoms with van der Waals surface area (Å²) in [6, 6.07) is 0. The lowest BCUT2D eigenvalue weighted by Crippen LogP contribution is -2.38. The first-order valence-electron chi connectivity index (χ1n) is 4.39. The topological polar surface area (TPSA) is 81.7 Å². The molecule has 0 unspecified atom stereocenters. The minimum atomic E-state index is -3.66. The zero-order valence-electron chi connectivity index (χ0n) is 9.36. The van der Waals surface area contributed by atoms with E-state index < -0.39 is 21.7 Å². The molecule has 0 rings (SSSR count). The van der Waals surface area contributed by atoms with E-state index in [1.54, 1.807) is 25.5 Å². The highest BCUT2D eigenvalue weighted by atomic mass is 32.2. The van der Waals surface area contributed by atoms with Crippen molar-refractivity contribution in [3.8, 4) is 0 Å². The largest absolute Gasteiger partial charge is 0.443 e. The Kier molecular flexibility index (Phi) is 5.02. The van der Waals surface area contributed by atoms with Crippen molar-refractivity contribution in [2.45, 2.75) is 26.4 Å². The molecule has 0 aromatic carbocycles. The van der Waals surface area contributed by atoms with E-state index in [-0.39, 0.29) is 13.8 Å².